The zero-order chi connectivity index (χ0) is 17.3. The fourth-order valence-electron chi connectivity index (χ4n) is 2.21. The van der Waals surface area contributed by atoms with Gasteiger partial charge in [-0.2, -0.15) is 14.5 Å². The van der Waals surface area contributed by atoms with Crippen LogP contribution < -0.4 is 10.4 Å². The van der Waals surface area contributed by atoms with Crippen molar-refractivity contribution in [3.8, 4) is 17.3 Å². The molecule has 0 radical (unpaired) electrons. The molecule has 1 aromatic carbocycles. The maximum Gasteiger partial charge on any atom is 0.368 e. The Kier molecular flexibility index (Phi) is 4.63. The van der Waals surface area contributed by atoms with Crippen molar-refractivity contribution in [3.05, 3.63) is 39.9 Å². The molecule has 10 heteroatoms. The molecule has 2 heterocycles. The number of ether oxygens (including phenoxy) is 1. The van der Waals surface area contributed by atoms with Gasteiger partial charge < -0.3 is 4.74 Å². The molecular weight excluding hydrogens is 352 g/mol. The highest BCUT2D eigenvalue weighted by atomic mass is 35.5. The monoisotopic (exact) mass is 366 g/mol. The van der Waals surface area contributed by atoms with Gasteiger partial charge in [0.05, 0.1) is 16.1 Å². The molecule has 24 heavy (non-hydrogen) atoms. The summed E-state index contributed by atoms with van der Waals surface area (Å²) in [6, 6.07) is 5.20. The summed E-state index contributed by atoms with van der Waals surface area (Å²) in [4.78, 5) is 12.9. The van der Waals surface area contributed by atoms with Crippen molar-refractivity contribution in [1.29, 1.82) is 0 Å². The Bertz CT molecular complexity index is 932. The zero-order valence-corrected chi connectivity index (χ0v) is 14.9. The SMILES string of the molecule is CCn1nccc1Oc1ccc(Cl)c(-n2nnn(C)c2=O)c1SC. The van der Waals surface area contributed by atoms with Crippen LogP contribution in [0, 0.1) is 0 Å². The molecule has 0 spiro atoms. The van der Waals surface area contributed by atoms with Crippen molar-refractivity contribution in [3.63, 3.8) is 0 Å². The predicted octanol–water partition coefficient (Wildman–Crippen LogP) is 2.35. The largest absolute Gasteiger partial charge is 0.438 e. The summed E-state index contributed by atoms with van der Waals surface area (Å²) < 4.78 is 10.0. The number of tetrazole rings is 1. The van der Waals surface area contributed by atoms with Crippen LogP contribution in [0.2, 0.25) is 5.02 Å². The third-order valence-electron chi connectivity index (χ3n) is 3.38. The van der Waals surface area contributed by atoms with Gasteiger partial charge in [-0.15, -0.1) is 11.8 Å². The van der Waals surface area contributed by atoms with Crippen LogP contribution in [-0.2, 0) is 13.6 Å². The molecule has 3 rings (SSSR count). The van der Waals surface area contributed by atoms with Gasteiger partial charge in [0.1, 0.15) is 11.4 Å². The van der Waals surface area contributed by atoms with Crippen molar-refractivity contribution in [2.45, 2.75) is 18.4 Å². The third-order valence-corrected chi connectivity index (χ3v) is 4.48. The molecule has 3 aromatic rings. The van der Waals surface area contributed by atoms with E-state index < -0.39 is 0 Å². The van der Waals surface area contributed by atoms with Crippen LogP contribution in [0.4, 0.5) is 0 Å². The summed E-state index contributed by atoms with van der Waals surface area (Å²) in [7, 11) is 1.53. The molecule has 0 N–H and O–H groups in total. The molecule has 0 unspecified atom stereocenters. The van der Waals surface area contributed by atoms with Crippen LogP contribution in [0.15, 0.2) is 34.1 Å². The van der Waals surface area contributed by atoms with Gasteiger partial charge in [-0.3, -0.25) is 0 Å². The average Bonchev–Trinajstić information content (AvgIpc) is 3.16. The lowest BCUT2D eigenvalue weighted by Crippen LogP contribution is -2.22. The first-order valence-corrected chi connectivity index (χ1v) is 8.72. The molecule has 0 saturated carbocycles. The summed E-state index contributed by atoms with van der Waals surface area (Å²) in [5, 5.41) is 12.2. The van der Waals surface area contributed by atoms with Crippen LogP contribution in [-0.4, -0.2) is 35.8 Å². The summed E-state index contributed by atoms with van der Waals surface area (Å²) >= 11 is 7.72. The third kappa shape index (κ3) is 2.80. The number of halogens is 1. The fourth-order valence-corrected chi connectivity index (χ4v) is 3.21. The van der Waals surface area contributed by atoms with E-state index >= 15 is 0 Å². The number of aryl methyl sites for hydroxylation is 2. The molecule has 0 amide bonds. The molecule has 0 aliphatic carbocycles. The smallest absolute Gasteiger partial charge is 0.368 e. The molecule has 126 valence electrons. The maximum absolute atomic E-state index is 12.2. The van der Waals surface area contributed by atoms with Crippen molar-refractivity contribution in [2.75, 3.05) is 6.26 Å². The highest BCUT2D eigenvalue weighted by molar-refractivity contribution is 7.98. The molecule has 0 saturated heterocycles. The number of thioether (sulfide) groups is 1. The first kappa shape index (κ1) is 16.6. The molecule has 2 aromatic heterocycles. The summed E-state index contributed by atoms with van der Waals surface area (Å²) in [6.07, 6.45) is 3.54. The van der Waals surface area contributed by atoms with Gasteiger partial charge in [0.25, 0.3) is 0 Å². The lowest BCUT2D eigenvalue weighted by Gasteiger charge is -2.14. The second-order valence-electron chi connectivity index (χ2n) is 4.81. The Labute approximate surface area is 147 Å². The molecular formula is C14H15ClN6O2S. The second kappa shape index (κ2) is 6.70. The highest BCUT2D eigenvalue weighted by Crippen LogP contribution is 2.39. The Balaban J connectivity index is 2.14. The Hall–Kier alpha value is -2.26. The Morgan fingerprint density at radius 2 is 2.08 bits per heavy atom. The second-order valence-corrected chi connectivity index (χ2v) is 6.04. The van der Waals surface area contributed by atoms with E-state index in [0.29, 0.717) is 33.8 Å². The number of aromatic nitrogens is 6. The summed E-state index contributed by atoms with van der Waals surface area (Å²) in [6.45, 7) is 2.66. The van der Waals surface area contributed by atoms with Crippen molar-refractivity contribution in [1.82, 2.24) is 29.6 Å². The van der Waals surface area contributed by atoms with Crippen LogP contribution in [0.3, 0.4) is 0 Å². The number of rotatable bonds is 5. The van der Waals surface area contributed by atoms with E-state index in [4.69, 9.17) is 16.3 Å². The van der Waals surface area contributed by atoms with Gasteiger partial charge in [-0.1, -0.05) is 11.6 Å². The standard InChI is InChI=1S/C14H15ClN6O2S/c1-4-20-11(7-8-16-20)23-10-6-5-9(15)12(13(10)24-3)21-14(22)19(2)17-18-21/h5-8H,4H2,1-3H3. The van der Waals surface area contributed by atoms with Crippen LogP contribution in [0.25, 0.3) is 5.69 Å². The normalized spacial score (nSPS) is 11.0. The van der Waals surface area contributed by atoms with Gasteiger partial charge in [-0.05, 0) is 35.7 Å². The first-order valence-electron chi connectivity index (χ1n) is 7.12. The molecule has 8 nitrogen and oxygen atoms in total. The lowest BCUT2D eigenvalue weighted by molar-refractivity contribution is 0.408. The first-order chi connectivity index (χ1) is 11.6. The molecule has 0 aliphatic rings. The van der Waals surface area contributed by atoms with E-state index in [1.165, 1.54) is 18.8 Å². The Morgan fingerprint density at radius 1 is 1.29 bits per heavy atom. The Morgan fingerprint density at radius 3 is 2.71 bits per heavy atom. The fraction of sp³-hybridized carbons (Fsp3) is 0.286. The lowest BCUT2D eigenvalue weighted by atomic mass is 10.3. The molecule has 0 bridgehead atoms. The number of hydrogen-bond donors (Lipinski definition) is 0. The van der Waals surface area contributed by atoms with E-state index in [-0.39, 0.29) is 5.69 Å². The van der Waals surface area contributed by atoms with Gasteiger partial charge in [0, 0.05) is 19.7 Å². The van der Waals surface area contributed by atoms with Gasteiger partial charge in [-0.25, -0.2) is 9.48 Å². The van der Waals surface area contributed by atoms with E-state index in [2.05, 4.69) is 15.5 Å². The van der Waals surface area contributed by atoms with Crippen molar-refractivity contribution in [2.24, 2.45) is 7.05 Å². The topological polar surface area (TPSA) is 79.8 Å². The van der Waals surface area contributed by atoms with Crippen LogP contribution in [0.1, 0.15) is 6.92 Å². The van der Waals surface area contributed by atoms with Crippen molar-refractivity contribution < 1.29 is 4.74 Å². The van der Waals surface area contributed by atoms with E-state index in [9.17, 15) is 4.79 Å². The minimum Gasteiger partial charge on any atom is -0.438 e. The number of nitrogens with zero attached hydrogens (tertiary/aromatic N) is 6. The molecule has 0 fully saturated rings. The number of hydrogen-bond acceptors (Lipinski definition) is 6. The van der Waals surface area contributed by atoms with E-state index in [1.807, 2.05) is 13.2 Å². The highest BCUT2D eigenvalue weighted by Gasteiger charge is 2.20. The van der Waals surface area contributed by atoms with E-state index in [1.54, 1.807) is 29.1 Å². The van der Waals surface area contributed by atoms with Crippen LogP contribution in [0.5, 0.6) is 11.6 Å². The number of benzene rings is 1. The van der Waals surface area contributed by atoms with Gasteiger partial charge in [0.2, 0.25) is 5.88 Å². The van der Waals surface area contributed by atoms with Gasteiger partial charge >= 0.3 is 5.69 Å². The minimum atomic E-state index is -0.386. The van der Waals surface area contributed by atoms with Crippen molar-refractivity contribution >= 4 is 23.4 Å². The van der Waals surface area contributed by atoms with E-state index in [0.717, 1.165) is 9.36 Å². The molecule has 0 atom stereocenters. The van der Waals surface area contributed by atoms with Gasteiger partial charge in [0.15, 0.2) is 0 Å². The summed E-state index contributed by atoms with van der Waals surface area (Å²) in [5.74, 6) is 1.17. The zero-order valence-electron chi connectivity index (χ0n) is 13.3. The summed E-state index contributed by atoms with van der Waals surface area (Å²) in [5.41, 5.74) is 0.0604. The maximum atomic E-state index is 12.2. The molecule has 0 aliphatic heterocycles. The quantitative estimate of drug-likeness (QED) is 0.645. The van der Waals surface area contributed by atoms with Crippen LogP contribution >= 0.6 is 23.4 Å². The predicted molar refractivity (Wildman–Crippen MR) is 91.4 cm³/mol. The minimum absolute atomic E-state index is 0.386. The average molecular weight is 367 g/mol.